The van der Waals surface area contributed by atoms with Crippen molar-refractivity contribution in [2.24, 2.45) is 7.05 Å². The summed E-state index contributed by atoms with van der Waals surface area (Å²) in [4.78, 5) is 0. The van der Waals surface area contributed by atoms with Crippen LogP contribution in [0.5, 0.6) is 0 Å². The molecule has 5 heteroatoms. The Labute approximate surface area is 133 Å². The van der Waals surface area contributed by atoms with Gasteiger partial charge in [0.2, 0.25) is 0 Å². The summed E-state index contributed by atoms with van der Waals surface area (Å²) in [6.07, 6.45) is 0. The fourth-order valence-corrected chi connectivity index (χ4v) is 2.91. The molecule has 2 rings (SSSR count). The van der Waals surface area contributed by atoms with Gasteiger partial charge in [0.15, 0.2) is 0 Å². The van der Waals surface area contributed by atoms with Crippen LogP contribution in [0.3, 0.4) is 0 Å². The van der Waals surface area contributed by atoms with Crippen LogP contribution in [-0.4, -0.2) is 15.7 Å². The Bertz CT molecular complexity index is 582. The number of benzene rings is 1. The van der Waals surface area contributed by atoms with Crippen molar-refractivity contribution in [1.82, 2.24) is 15.1 Å². The van der Waals surface area contributed by atoms with E-state index in [2.05, 4.69) is 45.4 Å². The highest BCUT2D eigenvalue weighted by molar-refractivity contribution is 9.10. The van der Waals surface area contributed by atoms with Gasteiger partial charge in [0.05, 0.1) is 21.4 Å². The first-order valence-corrected chi connectivity index (χ1v) is 7.85. The minimum absolute atomic E-state index is 0.263. The number of hydrogen-bond donors (Lipinski definition) is 1. The lowest BCUT2D eigenvalue weighted by Gasteiger charge is -2.29. The summed E-state index contributed by atoms with van der Waals surface area (Å²) >= 11 is 9.79. The molecule has 1 aromatic heterocycles. The molecule has 0 fully saturated rings. The number of alkyl halides is 1. The molecule has 108 valence electrons. The second-order valence-electron chi connectivity index (χ2n) is 5.16. The Morgan fingerprint density at radius 2 is 2.00 bits per heavy atom. The molecular formula is C15H19BrClN3. The van der Waals surface area contributed by atoms with Gasteiger partial charge in [0.25, 0.3) is 0 Å². The lowest BCUT2D eigenvalue weighted by molar-refractivity contribution is 0.398. The van der Waals surface area contributed by atoms with Crippen LogP contribution in [0.4, 0.5) is 0 Å². The fourth-order valence-electron chi connectivity index (χ4n) is 2.18. The molecule has 1 unspecified atom stereocenters. The maximum atomic E-state index is 6.20. The van der Waals surface area contributed by atoms with Crippen molar-refractivity contribution in [1.29, 1.82) is 0 Å². The molecule has 0 saturated carbocycles. The number of aromatic nitrogens is 2. The molecule has 2 aromatic rings. The molecule has 20 heavy (non-hydrogen) atoms. The fraction of sp³-hybridized carbons (Fsp3) is 0.400. The number of halogens is 2. The third-order valence-electron chi connectivity index (χ3n) is 3.59. The minimum Gasteiger partial charge on any atom is -0.301 e. The van der Waals surface area contributed by atoms with Crippen LogP contribution in [0.15, 0.2) is 34.8 Å². The van der Waals surface area contributed by atoms with Crippen molar-refractivity contribution < 1.29 is 0 Å². The van der Waals surface area contributed by atoms with Gasteiger partial charge in [-0.15, -0.1) is 11.6 Å². The van der Waals surface area contributed by atoms with Gasteiger partial charge in [-0.2, -0.15) is 5.10 Å². The molecular weight excluding hydrogens is 338 g/mol. The average Bonchev–Trinajstić information content (AvgIpc) is 2.71. The highest BCUT2D eigenvalue weighted by atomic mass is 79.9. The van der Waals surface area contributed by atoms with E-state index in [1.165, 1.54) is 5.56 Å². The van der Waals surface area contributed by atoms with Crippen molar-refractivity contribution in [2.45, 2.75) is 25.9 Å². The monoisotopic (exact) mass is 355 g/mol. The van der Waals surface area contributed by atoms with Gasteiger partial charge >= 0.3 is 0 Å². The largest absolute Gasteiger partial charge is 0.301 e. The molecule has 0 aliphatic rings. The summed E-state index contributed by atoms with van der Waals surface area (Å²) in [5.74, 6) is 0.505. The summed E-state index contributed by atoms with van der Waals surface area (Å²) in [7, 11) is 1.95. The topological polar surface area (TPSA) is 29.9 Å². The smallest absolute Gasteiger partial charge is 0.0739 e. The molecule has 3 nitrogen and oxygen atoms in total. The number of hydrogen-bond acceptors (Lipinski definition) is 2. The minimum atomic E-state index is -0.263. The van der Waals surface area contributed by atoms with Crippen LogP contribution in [-0.2, 0) is 19.1 Å². The first-order chi connectivity index (χ1) is 9.48. The highest BCUT2D eigenvalue weighted by Gasteiger charge is 2.25. The van der Waals surface area contributed by atoms with Crippen molar-refractivity contribution >= 4 is 27.5 Å². The quantitative estimate of drug-likeness (QED) is 0.827. The molecule has 1 aromatic carbocycles. The van der Waals surface area contributed by atoms with Crippen LogP contribution in [0.2, 0.25) is 0 Å². The molecule has 1 N–H and O–H groups in total. The summed E-state index contributed by atoms with van der Waals surface area (Å²) in [6.45, 7) is 4.81. The first kappa shape index (κ1) is 15.5. The van der Waals surface area contributed by atoms with Crippen molar-refractivity contribution in [3.63, 3.8) is 0 Å². The zero-order valence-corrected chi connectivity index (χ0v) is 14.3. The Balaban J connectivity index is 2.19. The van der Waals surface area contributed by atoms with Crippen molar-refractivity contribution in [3.05, 3.63) is 51.8 Å². The second kappa shape index (κ2) is 6.29. The molecule has 0 spiro atoms. The third-order valence-corrected chi connectivity index (χ3v) is 5.15. The zero-order chi connectivity index (χ0) is 14.8. The van der Waals surface area contributed by atoms with E-state index in [9.17, 15) is 0 Å². The molecule has 0 amide bonds. The van der Waals surface area contributed by atoms with E-state index in [-0.39, 0.29) is 5.54 Å². The van der Waals surface area contributed by atoms with Gasteiger partial charge in [0.1, 0.15) is 0 Å². The Hall–Kier alpha value is -0.840. The van der Waals surface area contributed by atoms with Gasteiger partial charge < -0.3 is 5.32 Å². The van der Waals surface area contributed by atoms with Crippen molar-refractivity contribution in [3.8, 4) is 0 Å². The van der Waals surface area contributed by atoms with Crippen LogP contribution in [0, 0.1) is 6.92 Å². The van der Waals surface area contributed by atoms with E-state index in [0.29, 0.717) is 12.4 Å². The molecule has 0 aliphatic carbocycles. The Morgan fingerprint density at radius 3 is 2.50 bits per heavy atom. The Kier molecular flexibility index (Phi) is 4.89. The van der Waals surface area contributed by atoms with Crippen molar-refractivity contribution in [2.75, 3.05) is 5.88 Å². The Morgan fingerprint density at radius 1 is 1.35 bits per heavy atom. The highest BCUT2D eigenvalue weighted by Crippen LogP contribution is 2.25. The van der Waals surface area contributed by atoms with Crippen LogP contribution >= 0.6 is 27.5 Å². The SMILES string of the molecule is Cc1nn(C)c(CNC(C)(CCl)c2ccccc2)c1Br. The lowest BCUT2D eigenvalue weighted by Crippen LogP contribution is -2.41. The second-order valence-corrected chi connectivity index (χ2v) is 6.22. The van der Waals surface area contributed by atoms with Gasteiger partial charge in [-0.1, -0.05) is 30.3 Å². The standard InChI is InChI=1S/C15H19BrClN3/c1-11-14(16)13(20(3)19-11)9-18-15(2,10-17)12-7-5-4-6-8-12/h4-8,18H,9-10H2,1-3H3. The summed E-state index contributed by atoms with van der Waals surface area (Å²) in [5.41, 5.74) is 3.04. The van der Waals surface area contributed by atoms with E-state index in [4.69, 9.17) is 11.6 Å². The predicted molar refractivity (Wildman–Crippen MR) is 87.0 cm³/mol. The first-order valence-electron chi connectivity index (χ1n) is 6.52. The third kappa shape index (κ3) is 3.08. The molecule has 0 radical (unpaired) electrons. The maximum absolute atomic E-state index is 6.20. The number of nitrogens with one attached hydrogen (secondary N) is 1. The summed E-state index contributed by atoms with van der Waals surface area (Å²) < 4.78 is 2.95. The molecule has 0 aliphatic heterocycles. The molecule has 1 heterocycles. The molecule has 0 saturated heterocycles. The summed E-state index contributed by atoms with van der Waals surface area (Å²) in [5, 5.41) is 7.96. The van der Waals surface area contributed by atoms with Gasteiger partial charge in [-0.05, 0) is 35.3 Å². The molecule has 1 atom stereocenters. The van der Waals surface area contributed by atoms with Crippen LogP contribution < -0.4 is 5.32 Å². The predicted octanol–water partition coefficient (Wildman–Crippen LogP) is 3.73. The number of rotatable bonds is 5. The van der Waals surface area contributed by atoms with E-state index in [1.807, 2.05) is 36.9 Å². The lowest BCUT2D eigenvalue weighted by atomic mass is 9.94. The van der Waals surface area contributed by atoms with Crippen LogP contribution in [0.25, 0.3) is 0 Å². The molecule has 0 bridgehead atoms. The van der Waals surface area contributed by atoms with E-state index < -0.39 is 0 Å². The number of aryl methyl sites for hydroxylation is 2. The van der Waals surface area contributed by atoms with Crippen LogP contribution in [0.1, 0.15) is 23.9 Å². The average molecular weight is 357 g/mol. The number of nitrogens with zero attached hydrogens (tertiary/aromatic N) is 2. The van der Waals surface area contributed by atoms with Gasteiger partial charge in [-0.25, -0.2) is 0 Å². The van der Waals surface area contributed by atoms with E-state index in [0.717, 1.165) is 15.9 Å². The summed E-state index contributed by atoms with van der Waals surface area (Å²) in [6, 6.07) is 10.3. The normalized spacial score (nSPS) is 14.2. The van der Waals surface area contributed by atoms with E-state index >= 15 is 0 Å². The van der Waals surface area contributed by atoms with E-state index in [1.54, 1.807) is 0 Å². The maximum Gasteiger partial charge on any atom is 0.0739 e. The van der Waals surface area contributed by atoms with Gasteiger partial charge in [-0.3, -0.25) is 4.68 Å². The van der Waals surface area contributed by atoms with Gasteiger partial charge in [0, 0.05) is 19.5 Å². The zero-order valence-electron chi connectivity index (χ0n) is 12.0.